The van der Waals surface area contributed by atoms with E-state index in [1.807, 2.05) is 30.3 Å². The van der Waals surface area contributed by atoms with Gasteiger partial charge in [0.15, 0.2) is 0 Å². The molecule has 3 aromatic rings. The number of benzene rings is 2. The fourth-order valence-corrected chi connectivity index (χ4v) is 1.98. The predicted molar refractivity (Wildman–Crippen MR) is 69.2 cm³/mol. The van der Waals surface area contributed by atoms with Gasteiger partial charge in [0.1, 0.15) is 11.6 Å². The number of imidazole rings is 1. The molecule has 0 unspecified atom stereocenters. The van der Waals surface area contributed by atoms with Crippen molar-refractivity contribution in [2.24, 2.45) is 0 Å². The van der Waals surface area contributed by atoms with Crippen LogP contribution in [0.4, 0.5) is 4.39 Å². The van der Waals surface area contributed by atoms with Crippen molar-refractivity contribution >= 4 is 27.0 Å². The number of hydrogen-bond donors (Lipinski definition) is 1. The second-order valence-electron chi connectivity index (χ2n) is 3.73. The van der Waals surface area contributed by atoms with E-state index in [4.69, 9.17) is 0 Å². The van der Waals surface area contributed by atoms with Crippen LogP contribution in [0.1, 0.15) is 0 Å². The Bertz CT molecular complexity index is 658. The Labute approximate surface area is 106 Å². The Morgan fingerprint density at radius 2 is 1.94 bits per heavy atom. The Morgan fingerprint density at radius 3 is 2.71 bits per heavy atom. The van der Waals surface area contributed by atoms with Gasteiger partial charge in [-0.25, -0.2) is 9.37 Å². The summed E-state index contributed by atoms with van der Waals surface area (Å²) in [5, 5.41) is 0. The minimum atomic E-state index is -0.289. The number of nitrogens with zero attached hydrogens (tertiary/aromatic N) is 1. The van der Waals surface area contributed by atoms with E-state index in [1.165, 1.54) is 6.07 Å². The zero-order valence-electron chi connectivity index (χ0n) is 8.74. The molecule has 0 bridgehead atoms. The number of para-hydroxylation sites is 2. The molecule has 0 saturated carbocycles. The van der Waals surface area contributed by atoms with Gasteiger partial charge >= 0.3 is 0 Å². The summed E-state index contributed by atoms with van der Waals surface area (Å²) in [5.41, 5.74) is 2.57. The van der Waals surface area contributed by atoms with Crippen molar-refractivity contribution in [2.45, 2.75) is 0 Å². The van der Waals surface area contributed by atoms with Gasteiger partial charge in [-0.1, -0.05) is 12.1 Å². The van der Waals surface area contributed by atoms with Gasteiger partial charge in [-0.2, -0.15) is 0 Å². The van der Waals surface area contributed by atoms with Gasteiger partial charge in [0, 0.05) is 5.56 Å². The quantitative estimate of drug-likeness (QED) is 0.717. The SMILES string of the molecule is Fc1cc(-c2nc3ccccc3[nH]2)ccc1Br. The molecule has 1 N–H and O–H groups in total. The molecule has 0 saturated heterocycles. The molecule has 0 aliphatic carbocycles. The van der Waals surface area contributed by atoms with E-state index in [0.29, 0.717) is 10.3 Å². The van der Waals surface area contributed by atoms with Crippen LogP contribution in [0.15, 0.2) is 46.9 Å². The highest BCUT2D eigenvalue weighted by Crippen LogP contribution is 2.24. The Balaban J connectivity index is 2.17. The fourth-order valence-electron chi connectivity index (χ4n) is 1.73. The maximum Gasteiger partial charge on any atom is 0.138 e. The number of H-pyrrole nitrogens is 1. The minimum Gasteiger partial charge on any atom is -0.338 e. The minimum absolute atomic E-state index is 0.289. The highest BCUT2D eigenvalue weighted by Gasteiger charge is 2.07. The van der Waals surface area contributed by atoms with Gasteiger partial charge in [-0.3, -0.25) is 0 Å². The topological polar surface area (TPSA) is 28.7 Å². The Morgan fingerprint density at radius 1 is 1.12 bits per heavy atom. The van der Waals surface area contributed by atoms with Gasteiger partial charge in [0.25, 0.3) is 0 Å². The molecule has 0 spiro atoms. The number of hydrogen-bond acceptors (Lipinski definition) is 1. The molecular formula is C13H8BrFN2. The van der Waals surface area contributed by atoms with Crippen LogP contribution in [0.3, 0.4) is 0 Å². The van der Waals surface area contributed by atoms with Crippen LogP contribution in [0.25, 0.3) is 22.4 Å². The summed E-state index contributed by atoms with van der Waals surface area (Å²) in [4.78, 5) is 7.58. The van der Waals surface area contributed by atoms with Crippen molar-refractivity contribution in [1.82, 2.24) is 9.97 Å². The summed E-state index contributed by atoms with van der Waals surface area (Å²) in [6, 6.07) is 12.7. The molecule has 17 heavy (non-hydrogen) atoms. The van der Waals surface area contributed by atoms with Gasteiger partial charge in [0.2, 0.25) is 0 Å². The van der Waals surface area contributed by atoms with Crippen molar-refractivity contribution in [3.05, 3.63) is 52.8 Å². The molecule has 0 amide bonds. The summed E-state index contributed by atoms with van der Waals surface area (Å²) in [6.45, 7) is 0. The van der Waals surface area contributed by atoms with Crippen molar-refractivity contribution in [3.63, 3.8) is 0 Å². The summed E-state index contributed by atoms with van der Waals surface area (Å²) in [6.07, 6.45) is 0. The smallest absolute Gasteiger partial charge is 0.138 e. The molecule has 0 aliphatic rings. The van der Waals surface area contributed by atoms with Crippen molar-refractivity contribution < 1.29 is 4.39 Å². The molecule has 2 aromatic carbocycles. The number of fused-ring (bicyclic) bond motifs is 1. The molecule has 1 aromatic heterocycles. The van der Waals surface area contributed by atoms with Crippen LogP contribution < -0.4 is 0 Å². The number of aromatic amines is 1. The lowest BCUT2D eigenvalue weighted by Crippen LogP contribution is -1.83. The maximum absolute atomic E-state index is 13.4. The molecular weight excluding hydrogens is 283 g/mol. The summed E-state index contributed by atoms with van der Waals surface area (Å²) in [7, 11) is 0. The van der Waals surface area contributed by atoms with E-state index in [2.05, 4.69) is 25.9 Å². The van der Waals surface area contributed by atoms with E-state index >= 15 is 0 Å². The lowest BCUT2D eigenvalue weighted by atomic mass is 10.2. The maximum atomic E-state index is 13.4. The lowest BCUT2D eigenvalue weighted by molar-refractivity contribution is 0.621. The van der Waals surface area contributed by atoms with Gasteiger partial charge < -0.3 is 4.98 Å². The Hall–Kier alpha value is -1.68. The molecule has 1 heterocycles. The van der Waals surface area contributed by atoms with Crippen LogP contribution in [-0.2, 0) is 0 Å². The highest BCUT2D eigenvalue weighted by atomic mass is 79.9. The first kappa shape index (κ1) is 10.5. The molecule has 0 radical (unpaired) electrons. The van der Waals surface area contributed by atoms with E-state index in [9.17, 15) is 4.39 Å². The first-order valence-electron chi connectivity index (χ1n) is 5.14. The molecule has 2 nitrogen and oxygen atoms in total. The van der Waals surface area contributed by atoms with Crippen molar-refractivity contribution in [1.29, 1.82) is 0 Å². The van der Waals surface area contributed by atoms with Crippen LogP contribution in [0.5, 0.6) is 0 Å². The Kier molecular flexibility index (Phi) is 2.44. The third kappa shape index (κ3) is 1.85. The molecule has 84 valence electrons. The van der Waals surface area contributed by atoms with E-state index in [0.717, 1.165) is 16.6 Å². The zero-order chi connectivity index (χ0) is 11.8. The van der Waals surface area contributed by atoms with Gasteiger partial charge in [0.05, 0.1) is 15.5 Å². The average Bonchev–Trinajstić information content (AvgIpc) is 2.76. The lowest BCUT2D eigenvalue weighted by Gasteiger charge is -1.98. The fraction of sp³-hybridized carbons (Fsp3) is 0. The second-order valence-corrected chi connectivity index (χ2v) is 4.59. The van der Waals surface area contributed by atoms with Crippen LogP contribution in [0.2, 0.25) is 0 Å². The van der Waals surface area contributed by atoms with Crippen LogP contribution >= 0.6 is 15.9 Å². The summed E-state index contributed by atoms with van der Waals surface area (Å²) >= 11 is 3.13. The zero-order valence-corrected chi connectivity index (χ0v) is 10.3. The number of halogens is 2. The molecule has 3 rings (SSSR count). The molecule has 0 fully saturated rings. The van der Waals surface area contributed by atoms with E-state index in [-0.39, 0.29) is 5.82 Å². The van der Waals surface area contributed by atoms with Crippen LogP contribution in [-0.4, -0.2) is 9.97 Å². The van der Waals surface area contributed by atoms with E-state index < -0.39 is 0 Å². The largest absolute Gasteiger partial charge is 0.338 e. The highest BCUT2D eigenvalue weighted by molar-refractivity contribution is 9.10. The normalized spacial score (nSPS) is 10.9. The average molecular weight is 291 g/mol. The molecule has 0 aliphatic heterocycles. The number of aromatic nitrogens is 2. The third-order valence-corrected chi connectivity index (χ3v) is 3.23. The number of nitrogens with one attached hydrogen (secondary N) is 1. The first-order valence-corrected chi connectivity index (χ1v) is 5.93. The first-order chi connectivity index (χ1) is 8.24. The molecule has 0 atom stereocenters. The van der Waals surface area contributed by atoms with Crippen LogP contribution in [0, 0.1) is 5.82 Å². The predicted octanol–water partition coefficient (Wildman–Crippen LogP) is 4.13. The van der Waals surface area contributed by atoms with Crippen molar-refractivity contribution in [2.75, 3.05) is 0 Å². The summed E-state index contributed by atoms with van der Waals surface area (Å²) in [5.74, 6) is 0.389. The monoisotopic (exact) mass is 290 g/mol. The van der Waals surface area contributed by atoms with Crippen molar-refractivity contribution in [3.8, 4) is 11.4 Å². The standard InChI is InChI=1S/C13H8BrFN2/c14-9-6-5-8(7-10(9)15)13-16-11-3-1-2-4-12(11)17-13/h1-7H,(H,16,17). The second kappa shape index (κ2) is 3.96. The number of rotatable bonds is 1. The third-order valence-electron chi connectivity index (χ3n) is 2.58. The summed E-state index contributed by atoms with van der Waals surface area (Å²) < 4.78 is 13.9. The van der Waals surface area contributed by atoms with Gasteiger partial charge in [-0.05, 0) is 46.3 Å². The molecule has 4 heteroatoms. The van der Waals surface area contributed by atoms with E-state index in [1.54, 1.807) is 6.07 Å². The van der Waals surface area contributed by atoms with Gasteiger partial charge in [-0.15, -0.1) is 0 Å².